The third kappa shape index (κ3) is 50.9. The first-order valence-electron chi connectivity index (χ1n) is 4.15. The molecule has 0 spiro atoms. The second-order valence-electron chi connectivity index (χ2n) is 2.36. The second kappa shape index (κ2) is 17.6. The van der Waals surface area contributed by atoms with Crippen LogP contribution in [0, 0.1) is 0 Å². The maximum Gasteiger partial charge on any atom is 0.129 e. The van der Waals surface area contributed by atoms with Crippen molar-refractivity contribution in [3.8, 4) is 0 Å². The van der Waals surface area contributed by atoms with Crippen molar-refractivity contribution in [1.82, 2.24) is 0 Å². The van der Waals surface area contributed by atoms with Gasteiger partial charge in [-0.05, 0) is 13.8 Å². The third-order valence-electron chi connectivity index (χ3n) is 0.906. The number of ketones is 1. The molecule has 4 heteroatoms. The van der Waals surface area contributed by atoms with E-state index >= 15 is 0 Å². The number of rotatable bonds is 3. The summed E-state index contributed by atoms with van der Waals surface area (Å²) < 4.78 is 4.55. The van der Waals surface area contributed by atoms with Crippen molar-refractivity contribution in [2.45, 2.75) is 33.3 Å². The van der Waals surface area contributed by atoms with Gasteiger partial charge in [0.1, 0.15) is 5.78 Å². The summed E-state index contributed by atoms with van der Waals surface area (Å²) in [6, 6.07) is 0. The highest BCUT2D eigenvalue weighted by Gasteiger charge is 1.87. The molecular formula is C9H22O4. The lowest BCUT2D eigenvalue weighted by Gasteiger charge is -1.97. The van der Waals surface area contributed by atoms with E-state index in [0.717, 1.165) is 7.11 Å². The van der Waals surface area contributed by atoms with E-state index in [1.54, 1.807) is 21.0 Å². The Balaban J connectivity index is -0.000000131. The van der Waals surface area contributed by atoms with E-state index in [1.165, 1.54) is 0 Å². The molecule has 0 rings (SSSR count). The number of aliphatic hydroxyl groups excluding tert-OH is 2. The van der Waals surface area contributed by atoms with Crippen LogP contribution in [0.25, 0.3) is 0 Å². The minimum Gasteiger partial charge on any atom is -0.400 e. The largest absolute Gasteiger partial charge is 0.400 e. The van der Waals surface area contributed by atoms with Gasteiger partial charge in [0.15, 0.2) is 0 Å². The predicted molar refractivity (Wildman–Crippen MR) is 52.7 cm³/mol. The van der Waals surface area contributed by atoms with Gasteiger partial charge in [0, 0.05) is 20.6 Å². The van der Waals surface area contributed by atoms with Crippen LogP contribution in [0.4, 0.5) is 0 Å². The van der Waals surface area contributed by atoms with Crippen LogP contribution in [0.1, 0.15) is 27.2 Å². The third-order valence-corrected chi connectivity index (χ3v) is 0.906. The highest BCUT2D eigenvalue weighted by molar-refractivity contribution is 5.74. The van der Waals surface area contributed by atoms with Gasteiger partial charge in [-0.3, -0.25) is 0 Å². The normalized spacial score (nSPS) is 10.1. The van der Waals surface area contributed by atoms with E-state index in [-0.39, 0.29) is 11.9 Å². The molecule has 13 heavy (non-hydrogen) atoms. The van der Waals surface area contributed by atoms with Gasteiger partial charge in [0.2, 0.25) is 0 Å². The molecule has 0 aromatic heterocycles. The molecule has 0 aromatic rings. The molecule has 4 nitrogen and oxygen atoms in total. The molecule has 0 saturated heterocycles. The van der Waals surface area contributed by atoms with E-state index in [0.29, 0.717) is 13.0 Å². The zero-order valence-electron chi connectivity index (χ0n) is 9.20. The van der Waals surface area contributed by atoms with Gasteiger partial charge < -0.3 is 19.7 Å². The molecule has 0 aliphatic rings. The molecule has 0 amide bonds. The number of hydrogen-bond acceptors (Lipinski definition) is 4. The fourth-order valence-electron chi connectivity index (χ4n) is 0.241. The topological polar surface area (TPSA) is 66.8 Å². The number of aliphatic hydroxyl groups is 2. The summed E-state index contributed by atoms with van der Waals surface area (Å²) in [7, 11) is 2.56. The van der Waals surface area contributed by atoms with E-state index in [1.807, 2.05) is 6.92 Å². The van der Waals surface area contributed by atoms with Gasteiger partial charge in [0.05, 0.1) is 12.7 Å². The second-order valence-corrected chi connectivity index (χ2v) is 2.36. The van der Waals surface area contributed by atoms with Gasteiger partial charge in [-0.25, -0.2) is 0 Å². The van der Waals surface area contributed by atoms with Crippen LogP contribution in [-0.4, -0.2) is 42.9 Å². The van der Waals surface area contributed by atoms with Crippen molar-refractivity contribution >= 4 is 5.78 Å². The Bertz CT molecular complexity index is 91.6. The fourth-order valence-corrected chi connectivity index (χ4v) is 0.241. The summed E-state index contributed by atoms with van der Waals surface area (Å²) in [5.41, 5.74) is 0. The van der Waals surface area contributed by atoms with Crippen LogP contribution in [0.15, 0.2) is 0 Å². The minimum absolute atomic E-state index is 0.255. The standard InChI is InChI=1S/C4H10O2.C4H8O.CH4O/c1-4(5)3-6-2;1-3-4(2)5;1-2/h4-5H,3H2,1-2H3;3H2,1-2H3;2H,1H3. The number of Topliss-reactive ketones (excluding diaryl/α,β-unsaturated/α-hetero) is 1. The highest BCUT2D eigenvalue weighted by atomic mass is 16.5. The number of ether oxygens (including phenoxy) is 1. The smallest absolute Gasteiger partial charge is 0.129 e. The molecular weight excluding hydrogens is 172 g/mol. The average molecular weight is 194 g/mol. The summed E-state index contributed by atoms with van der Waals surface area (Å²) >= 11 is 0. The Hall–Kier alpha value is -0.450. The Morgan fingerprint density at radius 2 is 1.77 bits per heavy atom. The number of hydrogen-bond donors (Lipinski definition) is 2. The first-order chi connectivity index (χ1) is 6.04. The Labute approximate surface area is 80.5 Å². The van der Waals surface area contributed by atoms with Gasteiger partial charge in [0.25, 0.3) is 0 Å². The number of methoxy groups -OCH3 is 1. The summed E-state index contributed by atoms with van der Waals surface area (Å²) in [6.45, 7) is 5.55. The molecule has 1 atom stereocenters. The lowest BCUT2D eigenvalue weighted by atomic mass is 10.4. The summed E-state index contributed by atoms with van der Waals surface area (Å²) in [5.74, 6) is 0.255. The van der Waals surface area contributed by atoms with E-state index in [4.69, 9.17) is 10.2 Å². The zero-order valence-corrected chi connectivity index (χ0v) is 9.20. The van der Waals surface area contributed by atoms with Crippen molar-refractivity contribution in [2.24, 2.45) is 0 Å². The van der Waals surface area contributed by atoms with Crippen LogP contribution < -0.4 is 0 Å². The van der Waals surface area contributed by atoms with E-state index in [2.05, 4.69) is 4.74 Å². The summed E-state index contributed by atoms with van der Waals surface area (Å²) in [5, 5.41) is 15.4. The molecule has 1 unspecified atom stereocenters. The van der Waals surface area contributed by atoms with Crippen molar-refractivity contribution in [1.29, 1.82) is 0 Å². The molecule has 0 aliphatic heterocycles. The maximum atomic E-state index is 9.81. The average Bonchev–Trinajstić information content (AvgIpc) is 2.09. The molecule has 0 heterocycles. The molecule has 2 N–H and O–H groups in total. The number of carbonyl (C=O) groups is 1. The van der Waals surface area contributed by atoms with Gasteiger partial charge in [-0.15, -0.1) is 0 Å². The predicted octanol–water partition coefficient (Wildman–Crippen LogP) is 0.607. The van der Waals surface area contributed by atoms with Crippen molar-refractivity contribution in [3.63, 3.8) is 0 Å². The van der Waals surface area contributed by atoms with Crippen LogP contribution >= 0.6 is 0 Å². The molecule has 0 radical (unpaired) electrons. The Morgan fingerprint density at radius 1 is 1.46 bits per heavy atom. The minimum atomic E-state index is -0.324. The Morgan fingerprint density at radius 3 is 1.77 bits per heavy atom. The zero-order chi connectivity index (χ0) is 11.3. The van der Waals surface area contributed by atoms with Gasteiger partial charge in [-0.2, -0.15) is 0 Å². The van der Waals surface area contributed by atoms with Crippen molar-refractivity contribution in [2.75, 3.05) is 20.8 Å². The maximum absolute atomic E-state index is 9.81. The Kier molecular flexibility index (Phi) is 24.8. The molecule has 0 bridgehead atoms. The van der Waals surface area contributed by atoms with Crippen LogP contribution in [0.3, 0.4) is 0 Å². The van der Waals surface area contributed by atoms with Gasteiger partial charge >= 0.3 is 0 Å². The summed E-state index contributed by atoms with van der Waals surface area (Å²) in [6.07, 6.45) is 0.343. The first-order valence-corrected chi connectivity index (χ1v) is 4.15. The SMILES string of the molecule is CCC(C)=O.CO.COCC(C)O. The molecule has 0 aliphatic carbocycles. The van der Waals surface area contributed by atoms with Crippen molar-refractivity contribution in [3.05, 3.63) is 0 Å². The van der Waals surface area contributed by atoms with Crippen LogP contribution in [0.2, 0.25) is 0 Å². The van der Waals surface area contributed by atoms with E-state index in [9.17, 15) is 4.79 Å². The summed E-state index contributed by atoms with van der Waals surface area (Å²) in [4.78, 5) is 9.81. The monoisotopic (exact) mass is 194 g/mol. The number of carbonyl (C=O) groups excluding carboxylic acids is 1. The molecule has 0 fully saturated rings. The van der Waals surface area contributed by atoms with Crippen LogP contribution in [0.5, 0.6) is 0 Å². The van der Waals surface area contributed by atoms with Crippen LogP contribution in [-0.2, 0) is 9.53 Å². The first kappa shape index (κ1) is 18.4. The van der Waals surface area contributed by atoms with Gasteiger partial charge in [-0.1, -0.05) is 6.92 Å². The molecule has 0 aromatic carbocycles. The lowest BCUT2D eigenvalue weighted by Crippen LogP contribution is -2.07. The molecule has 82 valence electrons. The highest BCUT2D eigenvalue weighted by Crippen LogP contribution is 1.75. The molecule has 0 saturated carbocycles. The lowest BCUT2D eigenvalue weighted by molar-refractivity contribution is -0.116. The fraction of sp³-hybridized carbons (Fsp3) is 0.889. The quantitative estimate of drug-likeness (QED) is 0.690. The van der Waals surface area contributed by atoms with E-state index < -0.39 is 0 Å². The van der Waals surface area contributed by atoms with Crippen molar-refractivity contribution < 1.29 is 19.7 Å².